The van der Waals surface area contributed by atoms with E-state index in [0.717, 1.165) is 11.9 Å². The Morgan fingerprint density at radius 3 is 3.16 bits per heavy atom. The normalized spacial score (nSPS) is 19.3. The number of amides is 1. The van der Waals surface area contributed by atoms with Crippen molar-refractivity contribution < 1.29 is 9.18 Å². The number of hydrogen-bond acceptors (Lipinski definition) is 4. The molecule has 0 spiro atoms. The fourth-order valence-corrected chi connectivity index (χ4v) is 3.10. The van der Waals surface area contributed by atoms with Crippen LogP contribution >= 0.6 is 11.8 Å². The number of nitrogens with zero attached hydrogens (tertiary/aromatic N) is 2. The number of carbonyl (C=O) groups is 1. The zero-order valence-electron chi connectivity index (χ0n) is 11.1. The van der Waals surface area contributed by atoms with E-state index in [1.807, 2.05) is 18.7 Å². The topological polar surface area (TPSA) is 45.2 Å². The summed E-state index contributed by atoms with van der Waals surface area (Å²) in [7, 11) is 0. The van der Waals surface area contributed by atoms with Gasteiger partial charge < -0.3 is 10.2 Å². The number of halogens is 1. The standard InChI is InChI=1S/C13H18FN3OS/c1-3-15-12-11(6-10(14)7-16-12)13(18)17-4-5-19-9(2)8-17/h6-7,9H,3-5,8H2,1-2H3,(H,15,16). The lowest BCUT2D eigenvalue weighted by Crippen LogP contribution is -2.41. The van der Waals surface area contributed by atoms with Crippen LogP contribution in [0, 0.1) is 5.82 Å². The second-order valence-corrected chi connectivity index (χ2v) is 6.06. The maximum absolute atomic E-state index is 13.3. The average molecular weight is 283 g/mol. The third-order valence-electron chi connectivity index (χ3n) is 2.96. The van der Waals surface area contributed by atoms with Crippen LogP contribution in [-0.4, -0.2) is 46.4 Å². The largest absolute Gasteiger partial charge is 0.370 e. The van der Waals surface area contributed by atoms with E-state index in [9.17, 15) is 9.18 Å². The Labute approximate surface area is 116 Å². The molecule has 0 bridgehead atoms. The van der Waals surface area contributed by atoms with Crippen molar-refractivity contribution in [3.8, 4) is 0 Å². The minimum atomic E-state index is -0.482. The van der Waals surface area contributed by atoms with E-state index in [0.29, 0.717) is 36.3 Å². The van der Waals surface area contributed by atoms with Gasteiger partial charge in [-0.15, -0.1) is 0 Å². The zero-order chi connectivity index (χ0) is 13.8. The molecule has 1 saturated heterocycles. The van der Waals surface area contributed by atoms with Gasteiger partial charge in [0, 0.05) is 30.6 Å². The van der Waals surface area contributed by atoms with Crippen LogP contribution in [0.5, 0.6) is 0 Å². The Morgan fingerprint density at radius 2 is 2.47 bits per heavy atom. The first kappa shape index (κ1) is 14.1. The first-order valence-corrected chi connectivity index (χ1v) is 7.47. The smallest absolute Gasteiger partial charge is 0.257 e. The van der Waals surface area contributed by atoms with Gasteiger partial charge in [-0.1, -0.05) is 6.92 Å². The monoisotopic (exact) mass is 283 g/mol. The number of pyridine rings is 1. The second-order valence-electron chi connectivity index (χ2n) is 4.51. The van der Waals surface area contributed by atoms with Crippen LogP contribution in [0.15, 0.2) is 12.3 Å². The summed E-state index contributed by atoms with van der Waals surface area (Å²) in [6.45, 7) is 6.06. The van der Waals surface area contributed by atoms with E-state index in [2.05, 4.69) is 17.2 Å². The second kappa shape index (κ2) is 6.23. The van der Waals surface area contributed by atoms with Gasteiger partial charge in [-0.3, -0.25) is 4.79 Å². The molecule has 0 aliphatic carbocycles. The third kappa shape index (κ3) is 3.37. The Kier molecular flexibility index (Phi) is 4.63. The number of rotatable bonds is 3. The van der Waals surface area contributed by atoms with Gasteiger partial charge in [-0.2, -0.15) is 11.8 Å². The van der Waals surface area contributed by atoms with Crippen molar-refractivity contribution in [1.82, 2.24) is 9.88 Å². The maximum atomic E-state index is 13.3. The Balaban J connectivity index is 2.24. The van der Waals surface area contributed by atoms with Crippen LogP contribution in [0.4, 0.5) is 10.2 Å². The molecule has 0 aromatic carbocycles. The molecule has 104 valence electrons. The lowest BCUT2D eigenvalue weighted by atomic mass is 10.2. The van der Waals surface area contributed by atoms with Crippen LogP contribution in [-0.2, 0) is 0 Å². The summed E-state index contributed by atoms with van der Waals surface area (Å²) in [5.74, 6) is 0.756. The minimum Gasteiger partial charge on any atom is -0.370 e. The average Bonchev–Trinajstić information content (AvgIpc) is 2.40. The van der Waals surface area contributed by atoms with Crippen LogP contribution < -0.4 is 5.32 Å². The SMILES string of the molecule is CCNc1ncc(F)cc1C(=O)N1CCSC(C)C1. The van der Waals surface area contributed by atoms with Crippen molar-refractivity contribution in [2.75, 3.05) is 30.7 Å². The fourth-order valence-electron chi connectivity index (χ4n) is 2.08. The van der Waals surface area contributed by atoms with Crippen molar-refractivity contribution in [2.45, 2.75) is 19.1 Å². The quantitative estimate of drug-likeness (QED) is 0.924. The summed E-state index contributed by atoms with van der Waals surface area (Å²) in [6, 6.07) is 1.26. The molecule has 1 atom stereocenters. The Morgan fingerprint density at radius 1 is 1.68 bits per heavy atom. The number of thioether (sulfide) groups is 1. The molecule has 1 aromatic heterocycles. The molecule has 19 heavy (non-hydrogen) atoms. The van der Waals surface area contributed by atoms with Crippen molar-refractivity contribution in [2.24, 2.45) is 0 Å². The molecule has 1 fully saturated rings. The van der Waals surface area contributed by atoms with E-state index in [1.165, 1.54) is 6.07 Å². The molecular formula is C13H18FN3OS. The number of hydrogen-bond donors (Lipinski definition) is 1. The molecule has 1 unspecified atom stereocenters. The highest BCUT2D eigenvalue weighted by atomic mass is 32.2. The molecule has 1 aliphatic rings. The number of anilines is 1. The first-order valence-electron chi connectivity index (χ1n) is 6.42. The molecule has 2 heterocycles. The molecule has 1 N–H and O–H groups in total. The molecule has 4 nitrogen and oxygen atoms in total. The molecule has 1 aromatic rings. The van der Waals surface area contributed by atoms with E-state index < -0.39 is 5.82 Å². The fraction of sp³-hybridized carbons (Fsp3) is 0.538. The van der Waals surface area contributed by atoms with E-state index in [-0.39, 0.29) is 5.91 Å². The molecule has 0 radical (unpaired) electrons. The molecule has 2 rings (SSSR count). The van der Waals surface area contributed by atoms with Gasteiger partial charge in [-0.25, -0.2) is 9.37 Å². The van der Waals surface area contributed by atoms with E-state index in [1.54, 1.807) is 4.90 Å². The summed E-state index contributed by atoms with van der Waals surface area (Å²) < 4.78 is 13.3. The van der Waals surface area contributed by atoms with Gasteiger partial charge in [0.1, 0.15) is 11.6 Å². The van der Waals surface area contributed by atoms with Gasteiger partial charge in [0.05, 0.1) is 11.8 Å². The van der Waals surface area contributed by atoms with E-state index >= 15 is 0 Å². The van der Waals surface area contributed by atoms with E-state index in [4.69, 9.17) is 0 Å². The molecular weight excluding hydrogens is 265 g/mol. The summed E-state index contributed by atoms with van der Waals surface area (Å²) in [4.78, 5) is 18.2. The van der Waals surface area contributed by atoms with Crippen molar-refractivity contribution in [3.63, 3.8) is 0 Å². The van der Waals surface area contributed by atoms with Crippen molar-refractivity contribution >= 4 is 23.5 Å². The van der Waals surface area contributed by atoms with Crippen LogP contribution in [0.3, 0.4) is 0 Å². The first-order chi connectivity index (χ1) is 9.11. The summed E-state index contributed by atoms with van der Waals surface area (Å²) in [5.41, 5.74) is 0.320. The van der Waals surface area contributed by atoms with Gasteiger partial charge in [0.2, 0.25) is 0 Å². The van der Waals surface area contributed by atoms with Crippen LogP contribution in [0.25, 0.3) is 0 Å². The number of nitrogens with one attached hydrogen (secondary N) is 1. The number of aromatic nitrogens is 1. The molecule has 0 saturated carbocycles. The van der Waals surface area contributed by atoms with Gasteiger partial charge in [0.25, 0.3) is 5.91 Å². The molecule has 6 heteroatoms. The van der Waals surface area contributed by atoms with Crippen LogP contribution in [0.1, 0.15) is 24.2 Å². The summed E-state index contributed by atoms with van der Waals surface area (Å²) in [5, 5.41) is 3.42. The lowest BCUT2D eigenvalue weighted by molar-refractivity contribution is 0.0763. The van der Waals surface area contributed by atoms with Crippen molar-refractivity contribution in [3.05, 3.63) is 23.6 Å². The highest BCUT2D eigenvalue weighted by molar-refractivity contribution is 7.99. The predicted molar refractivity (Wildman–Crippen MR) is 76.2 cm³/mol. The van der Waals surface area contributed by atoms with Gasteiger partial charge in [0.15, 0.2) is 0 Å². The Hall–Kier alpha value is -1.30. The third-order valence-corrected chi connectivity index (χ3v) is 4.09. The van der Waals surface area contributed by atoms with Crippen molar-refractivity contribution in [1.29, 1.82) is 0 Å². The highest BCUT2D eigenvalue weighted by Crippen LogP contribution is 2.22. The lowest BCUT2D eigenvalue weighted by Gasteiger charge is -2.31. The predicted octanol–water partition coefficient (Wildman–Crippen LogP) is 2.23. The number of carbonyl (C=O) groups excluding carboxylic acids is 1. The Bertz CT molecular complexity index is 469. The molecule has 1 aliphatic heterocycles. The van der Waals surface area contributed by atoms with Gasteiger partial charge in [-0.05, 0) is 13.0 Å². The minimum absolute atomic E-state index is 0.143. The van der Waals surface area contributed by atoms with Crippen LogP contribution in [0.2, 0.25) is 0 Å². The van der Waals surface area contributed by atoms with Gasteiger partial charge >= 0.3 is 0 Å². The highest BCUT2D eigenvalue weighted by Gasteiger charge is 2.25. The summed E-state index contributed by atoms with van der Waals surface area (Å²) >= 11 is 1.85. The maximum Gasteiger partial charge on any atom is 0.257 e. The summed E-state index contributed by atoms with van der Waals surface area (Å²) in [6.07, 6.45) is 1.13. The zero-order valence-corrected chi connectivity index (χ0v) is 12.0. The molecule has 1 amide bonds.